The van der Waals surface area contributed by atoms with E-state index in [1.165, 1.54) is 11.0 Å². The van der Waals surface area contributed by atoms with Crippen LogP contribution in [0.25, 0.3) is 0 Å². The highest BCUT2D eigenvalue weighted by atomic mass is 19.1. The van der Waals surface area contributed by atoms with E-state index in [4.69, 9.17) is 0 Å². The number of hydrogen-bond donors (Lipinski definition) is 3. The van der Waals surface area contributed by atoms with Gasteiger partial charge in [0.1, 0.15) is 23.6 Å². The summed E-state index contributed by atoms with van der Waals surface area (Å²) in [5.74, 6) is -3.75. The molecule has 2 heterocycles. The number of hydrogen-bond acceptors (Lipinski definition) is 5. The summed E-state index contributed by atoms with van der Waals surface area (Å²) in [6.45, 7) is 3.71. The van der Waals surface area contributed by atoms with E-state index in [1.54, 1.807) is 0 Å². The second-order valence-corrected chi connectivity index (χ2v) is 7.42. The Morgan fingerprint density at radius 1 is 1.10 bits per heavy atom. The normalized spacial score (nSPS) is 21.3. The van der Waals surface area contributed by atoms with Crippen LogP contribution in [0.5, 0.6) is 0 Å². The molecule has 0 bridgehead atoms. The minimum Gasteiger partial charge on any atom is -0.478 e. The number of nitrogens with one attached hydrogen (secondary N) is 1. The van der Waals surface area contributed by atoms with Crippen LogP contribution in [0, 0.1) is 17.5 Å². The topological polar surface area (TPSA) is 76.0 Å². The fourth-order valence-electron chi connectivity index (χ4n) is 3.88. The number of carboxylic acids is 1. The summed E-state index contributed by atoms with van der Waals surface area (Å²) in [7, 11) is 0. The number of anilines is 3. The van der Waals surface area contributed by atoms with Crippen LogP contribution in [-0.2, 0) is 4.79 Å². The van der Waals surface area contributed by atoms with Crippen molar-refractivity contribution in [3.05, 3.63) is 65.1 Å². The Bertz CT molecular complexity index is 1040. The van der Waals surface area contributed by atoms with Gasteiger partial charge in [0.2, 0.25) is 0 Å². The van der Waals surface area contributed by atoms with Crippen molar-refractivity contribution in [3.8, 4) is 0 Å². The molecule has 0 aromatic heterocycles. The third-order valence-electron chi connectivity index (χ3n) is 5.34. The molecular formula is C21H20F3N3O3. The summed E-state index contributed by atoms with van der Waals surface area (Å²) in [4.78, 5) is 14.6. The number of benzene rings is 2. The molecule has 0 aliphatic carbocycles. The quantitative estimate of drug-likeness (QED) is 0.710. The minimum absolute atomic E-state index is 0.0111. The van der Waals surface area contributed by atoms with Gasteiger partial charge < -0.3 is 25.3 Å². The van der Waals surface area contributed by atoms with E-state index in [2.05, 4.69) is 5.32 Å². The Morgan fingerprint density at radius 3 is 2.50 bits per heavy atom. The van der Waals surface area contributed by atoms with E-state index in [0.717, 1.165) is 24.4 Å². The van der Waals surface area contributed by atoms with Crippen molar-refractivity contribution in [3.63, 3.8) is 0 Å². The summed E-state index contributed by atoms with van der Waals surface area (Å²) < 4.78 is 42.9. The maximum absolute atomic E-state index is 15.0. The van der Waals surface area contributed by atoms with Gasteiger partial charge in [-0.15, -0.1) is 0 Å². The first-order chi connectivity index (χ1) is 14.3. The van der Waals surface area contributed by atoms with E-state index in [0.29, 0.717) is 25.7 Å². The van der Waals surface area contributed by atoms with Gasteiger partial charge in [-0.3, -0.25) is 0 Å². The number of piperazine rings is 1. The summed E-state index contributed by atoms with van der Waals surface area (Å²) >= 11 is 0. The average Bonchev–Trinajstić information content (AvgIpc) is 2.68. The zero-order valence-corrected chi connectivity index (χ0v) is 16.1. The van der Waals surface area contributed by atoms with Crippen LogP contribution in [-0.4, -0.2) is 41.9 Å². The first-order valence-electron chi connectivity index (χ1n) is 9.45. The van der Waals surface area contributed by atoms with Crippen LogP contribution >= 0.6 is 0 Å². The van der Waals surface area contributed by atoms with E-state index in [9.17, 15) is 28.2 Å². The largest absolute Gasteiger partial charge is 0.478 e. The maximum Gasteiger partial charge on any atom is 0.336 e. The number of halogens is 3. The van der Waals surface area contributed by atoms with Gasteiger partial charge >= 0.3 is 5.97 Å². The molecule has 2 aliphatic heterocycles. The number of nitrogens with zero attached hydrogens (tertiary/aromatic N) is 2. The highest BCUT2D eigenvalue weighted by molar-refractivity contribution is 5.92. The number of aliphatic carboxylic acids is 1. The lowest BCUT2D eigenvalue weighted by Gasteiger charge is -2.36. The Morgan fingerprint density at radius 2 is 1.83 bits per heavy atom. The number of fused-ring (bicyclic) bond motifs is 1. The molecule has 1 fully saturated rings. The SMILES string of the molecule is CC1CN(c2cc3c(cc2F)C(O)C(C(=O)O)=CN3c2ccc(F)cc2F)CCN1. The van der Waals surface area contributed by atoms with Gasteiger partial charge in [-0.05, 0) is 31.2 Å². The minimum atomic E-state index is -1.59. The molecular weight excluding hydrogens is 399 g/mol. The summed E-state index contributed by atoms with van der Waals surface area (Å²) in [6, 6.07) is 5.55. The predicted molar refractivity (Wildman–Crippen MR) is 105 cm³/mol. The number of aliphatic hydroxyl groups is 1. The van der Waals surface area contributed by atoms with Gasteiger partial charge in [-0.2, -0.15) is 0 Å². The standard InChI is InChI=1S/C21H20F3N3O3/c1-11-9-26(5-4-25-11)19-8-18-13(7-16(19)24)20(28)14(21(29)30)10-27(18)17-3-2-12(22)6-15(17)23/h2-3,6-8,10-11,20,25,28H,4-5,9H2,1H3,(H,29,30). The van der Waals surface area contributed by atoms with Crippen LogP contribution < -0.4 is 15.1 Å². The van der Waals surface area contributed by atoms with Gasteiger partial charge in [0.05, 0.1) is 22.6 Å². The van der Waals surface area contributed by atoms with Gasteiger partial charge in [0.15, 0.2) is 0 Å². The number of aliphatic hydroxyl groups excluding tert-OH is 1. The van der Waals surface area contributed by atoms with Crippen LogP contribution in [0.4, 0.5) is 30.2 Å². The molecule has 2 aromatic carbocycles. The lowest BCUT2D eigenvalue weighted by Crippen LogP contribution is -2.49. The molecule has 2 aromatic rings. The lowest BCUT2D eigenvalue weighted by molar-refractivity contribution is -0.133. The molecule has 6 nitrogen and oxygen atoms in total. The number of carboxylic acid groups (broad SMARTS) is 1. The summed E-state index contributed by atoms with van der Waals surface area (Å²) in [5, 5.41) is 23.2. The van der Waals surface area contributed by atoms with Crippen LogP contribution in [0.15, 0.2) is 42.1 Å². The fourth-order valence-corrected chi connectivity index (χ4v) is 3.88. The molecule has 0 saturated carbocycles. The Balaban J connectivity index is 1.88. The van der Waals surface area contributed by atoms with E-state index in [1.807, 2.05) is 11.8 Å². The third-order valence-corrected chi connectivity index (χ3v) is 5.34. The van der Waals surface area contributed by atoms with E-state index >= 15 is 0 Å². The van der Waals surface area contributed by atoms with E-state index in [-0.39, 0.29) is 28.7 Å². The molecule has 0 amide bonds. The van der Waals surface area contributed by atoms with Gasteiger partial charge in [-0.25, -0.2) is 18.0 Å². The van der Waals surface area contributed by atoms with E-state index < -0.39 is 35.1 Å². The molecule has 30 heavy (non-hydrogen) atoms. The van der Waals surface area contributed by atoms with Crippen LogP contribution in [0.1, 0.15) is 18.6 Å². The molecule has 0 radical (unpaired) electrons. The van der Waals surface area contributed by atoms with Crippen molar-refractivity contribution in [1.29, 1.82) is 0 Å². The lowest BCUT2D eigenvalue weighted by atomic mass is 9.94. The first-order valence-corrected chi connectivity index (χ1v) is 9.45. The monoisotopic (exact) mass is 419 g/mol. The second kappa shape index (κ2) is 7.66. The zero-order valence-electron chi connectivity index (χ0n) is 16.1. The van der Waals surface area contributed by atoms with Crippen molar-refractivity contribution in [1.82, 2.24) is 5.32 Å². The predicted octanol–water partition coefficient (Wildman–Crippen LogP) is 3.06. The highest BCUT2D eigenvalue weighted by Gasteiger charge is 2.33. The van der Waals surface area contributed by atoms with Crippen molar-refractivity contribution in [2.24, 2.45) is 0 Å². The Labute approximate surface area is 170 Å². The highest BCUT2D eigenvalue weighted by Crippen LogP contribution is 2.44. The molecule has 2 unspecified atom stereocenters. The van der Waals surface area contributed by atoms with Crippen molar-refractivity contribution in [2.75, 3.05) is 29.4 Å². The van der Waals surface area contributed by atoms with Crippen molar-refractivity contribution >= 4 is 23.0 Å². The molecule has 158 valence electrons. The number of rotatable bonds is 3. The fraction of sp³-hybridized carbons (Fsp3) is 0.286. The zero-order chi connectivity index (χ0) is 21.6. The Hall–Kier alpha value is -3.04. The molecule has 2 atom stereocenters. The Kier molecular flexibility index (Phi) is 5.17. The maximum atomic E-state index is 15.0. The van der Waals surface area contributed by atoms with Gasteiger partial charge in [-0.1, -0.05) is 0 Å². The summed E-state index contributed by atoms with van der Waals surface area (Å²) in [6.07, 6.45) is -0.518. The average molecular weight is 419 g/mol. The van der Waals surface area contributed by atoms with Crippen LogP contribution in [0.3, 0.4) is 0 Å². The third kappa shape index (κ3) is 3.50. The van der Waals surface area contributed by atoms with Crippen molar-refractivity contribution in [2.45, 2.75) is 19.1 Å². The molecule has 3 N–H and O–H groups in total. The van der Waals surface area contributed by atoms with Gasteiger partial charge in [0, 0.05) is 43.5 Å². The van der Waals surface area contributed by atoms with Gasteiger partial charge in [0.25, 0.3) is 0 Å². The summed E-state index contributed by atoms with van der Waals surface area (Å²) in [5.41, 5.74) is -0.0960. The van der Waals surface area contributed by atoms with Crippen LogP contribution in [0.2, 0.25) is 0 Å². The smallest absolute Gasteiger partial charge is 0.336 e. The molecule has 4 rings (SSSR count). The second-order valence-electron chi connectivity index (χ2n) is 7.42. The number of carbonyl (C=O) groups is 1. The first kappa shape index (κ1) is 20.2. The molecule has 2 aliphatic rings. The molecule has 9 heteroatoms. The molecule has 1 saturated heterocycles. The van der Waals surface area contributed by atoms with Crippen molar-refractivity contribution < 1.29 is 28.2 Å². The molecule has 0 spiro atoms.